The molecule has 1 amide bonds. The maximum Gasteiger partial charge on any atom is 0.341 e. The summed E-state index contributed by atoms with van der Waals surface area (Å²) in [4.78, 5) is 24.9. The van der Waals surface area contributed by atoms with Crippen LogP contribution in [0.15, 0.2) is 18.2 Å². The standard InChI is InChI=1S/C20H29NO5/c1-5-7-12-25-17-11-10-15(13-16(17)18(22)24-4)21-19(23)20(3,26-6-2)14-8-9-14/h10-11,13-14H,5-9,12H2,1-4H3,(H,21,23). The number of rotatable bonds is 10. The zero-order valence-corrected chi connectivity index (χ0v) is 16.1. The lowest BCUT2D eigenvalue weighted by molar-refractivity contribution is -0.141. The number of hydrogen-bond acceptors (Lipinski definition) is 5. The van der Waals surface area contributed by atoms with Gasteiger partial charge in [0, 0.05) is 12.3 Å². The predicted octanol–water partition coefficient (Wildman–Crippen LogP) is 3.80. The number of anilines is 1. The second-order valence-corrected chi connectivity index (χ2v) is 6.67. The minimum Gasteiger partial charge on any atom is -0.493 e. The molecule has 0 saturated heterocycles. The molecule has 1 fully saturated rings. The van der Waals surface area contributed by atoms with Gasteiger partial charge >= 0.3 is 5.97 Å². The first kappa shape index (κ1) is 20.2. The Kier molecular flexibility index (Phi) is 7.03. The molecule has 6 nitrogen and oxygen atoms in total. The molecule has 1 aromatic carbocycles. The van der Waals surface area contributed by atoms with Gasteiger partial charge in [-0.05, 0) is 57.2 Å². The number of esters is 1. The van der Waals surface area contributed by atoms with E-state index in [1.54, 1.807) is 18.2 Å². The van der Waals surface area contributed by atoms with E-state index >= 15 is 0 Å². The molecule has 0 bridgehead atoms. The van der Waals surface area contributed by atoms with Crippen LogP contribution >= 0.6 is 0 Å². The average molecular weight is 363 g/mol. The van der Waals surface area contributed by atoms with Gasteiger partial charge in [-0.1, -0.05) is 13.3 Å². The van der Waals surface area contributed by atoms with Crippen LogP contribution in [0.25, 0.3) is 0 Å². The Morgan fingerprint density at radius 2 is 2.00 bits per heavy atom. The Hall–Kier alpha value is -2.08. The maximum atomic E-state index is 12.8. The van der Waals surface area contributed by atoms with E-state index in [1.165, 1.54) is 7.11 Å². The van der Waals surface area contributed by atoms with Crippen LogP contribution in [0.1, 0.15) is 56.8 Å². The minimum absolute atomic E-state index is 0.197. The smallest absolute Gasteiger partial charge is 0.341 e. The fourth-order valence-electron chi connectivity index (χ4n) is 2.89. The van der Waals surface area contributed by atoms with Crippen molar-refractivity contribution in [3.05, 3.63) is 23.8 Å². The summed E-state index contributed by atoms with van der Waals surface area (Å²) in [6.45, 7) is 6.77. The topological polar surface area (TPSA) is 73.9 Å². The van der Waals surface area contributed by atoms with Crippen LogP contribution in [0.3, 0.4) is 0 Å². The molecule has 1 unspecified atom stereocenters. The van der Waals surface area contributed by atoms with Crippen LogP contribution in [-0.4, -0.2) is 37.8 Å². The van der Waals surface area contributed by atoms with Gasteiger partial charge in [-0.2, -0.15) is 0 Å². The molecule has 1 aliphatic carbocycles. The van der Waals surface area contributed by atoms with Crippen LogP contribution in [0, 0.1) is 5.92 Å². The van der Waals surface area contributed by atoms with Crippen LogP contribution in [-0.2, 0) is 14.3 Å². The van der Waals surface area contributed by atoms with Crippen molar-refractivity contribution in [3.8, 4) is 5.75 Å². The van der Waals surface area contributed by atoms with Crippen molar-refractivity contribution < 1.29 is 23.8 Å². The summed E-state index contributed by atoms with van der Waals surface area (Å²) in [6, 6.07) is 5.00. The zero-order chi connectivity index (χ0) is 19.2. The number of hydrogen-bond donors (Lipinski definition) is 1. The van der Waals surface area contributed by atoms with Crippen LogP contribution in [0.5, 0.6) is 5.75 Å². The molecule has 0 radical (unpaired) electrons. The predicted molar refractivity (Wildman–Crippen MR) is 99.6 cm³/mol. The number of nitrogens with one attached hydrogen (secondary N) is 1. The van der Waals surface area contributed by atoms with Gasteiger partial charge in [-0.3, -0.25) is 4.79 Å². The molecule has 0 heterocycles. The highest BCUT2D eigenvalue weighted by atomic mass is 16.5. The van der Waals surface area contributed by atoms with Crippen molar-refractivity contribution in [1.82, 2.24) is 0 Å². The van der Waals surface area contributed by atoms with E-state index in [1.807, 2.05) is 13.8 Å². The lowest BCUT2D eigenvalue weighted by Gasteiger charge is -2.28. The maximum absolute atomic E-state index is 12.8. The Morgan fingerprint density at radius 3 is 2.58 bits per heavy atom. The van der Waals surface area contributed by atoms with Gasteiger partial charge in [0.1, 0.15) is 16.9 Å². The molecule has 0 aromatic heterocycles. The molecule has 1 aliphatic rings. The van der Waals surface area contributed by atoms with Gasteiger partial charge in [0.2, 0.25) is 0 Å². The molecule has 2 rings (SSSR count). The highest BCUT2D eigenvalue weighted by molar-refractivity contribution is 5.99. The Morgan fingerprint density at radius 1 is 1.27 bits per heavy atom. The first-order chi connectivity index (χ1) is 12.5. The third kappa shape index (κ3) is 4.75. The second kappa shape index (κ2) is 9.03. The molecular weight excluding hydrogens is 334 g/mol. The van der Waals surface area contributed by atoms with E-state index in [-0.39, 0.29) is 11.8 Å². The van der Waals surface area contributed by atoms with E-state index in [0.29, 0.717) is 30.2 Å². The van der Waals surface area contributed by atoms with Gasteiger partial charge in [0.15, 0.2) is 0 Å². The van der Waals surface area contributed by atoms with E-state index in [4.69, 9.17) is 14.2 Å². The van der Waals surface area contributed by atoms with Crippen molar-refractivity contribution >= 4 is 17.6 Å². The van der Waals surface area contributed by atoms with Crippen molar-refractivity contribution in [2.45, 2.75) is 52.1 Å². The molecule has 1 atom stereocenters. The summed E-state index contributed by atoms with van der Waals surface area (Å²) in [5.41, 5.74) is -0.0352. The summed E-state index contributed by atoms with van der Waals surface area (Å²) in [7, 11) is 1.32. The first-order valence-electron chi connectivity index (χ1n) is 9.26. The van der Waals surface area contributed by atoms with E-state index in [0.717, 1.165) is 25.7 Å². The Balaban J connectivity index is 2.18. The Bertz CT molecular complexity index is 641. The SMILES string of the molecule is CCCCOc1ccc(NC(=O)C(C)(OCC)C2CC2)cc1C(=O)OC. The fraction of sp³-hybridized carbons (Fsp3) is 0.600. The Labute approximate surface area is 155 Å². The third-order valence-corrected chi connectivity index (χ3v) is 4.65. The number of benzene rings is 1. The van der Waals surface area contributed by atoms with Gasteiger partial charge in [-0.15, -0.1) is 0 Å². The second-order valence-electron chi connectivity index (χ2n) is 6.67. The molecule has 1 saturated carbocycles. The molecular formula is C20H29NO5. The fourth-order valence-corrected chi connectivity index (χ4v) is 2.89. The van der Waals surface area contributed by atoms with E-state index in [2.05, 4.69) is 12.2 Å². The monoisotopic (exact) mass is 363 g/mol. The molecule has 144 valence electrons. The minimum atomic E-state index is -0.851. The van der Waals surface area contributed by atoms with Crippen LogP contribution in [0.4, 0.5) is 5.69 Å². The van der Waals surface area contributed by atoms with Crippen molar-refractivity contribution in [3.63, 3.8) is 0 Å². The van der Waals surface area contributed by atoms with Crippen LogP contribution in [0.2, 0.25) is 0 Å². The van der Waals surface area contributed by atoms with Gasteiger partial charge in [0.25, 0.3) is 5.91 Å². The number of carbonyl (C=O) groups is 2. The molecule has 26 heavy (non-hydrogen) atoms. The summed E-state index contributed by atoms with van der Waals surface area (Å²) >= 11 is 0. The van der Waals surface area contributed by atoms with Crippen molar-refractivity contribution in [1.29, 1.82) is 0 Å². The third-order valence-electron chi connectivity index (χ3n) is 4.65. The van der Waals surface area contributed by atoms with Gasteiger partial charge in [-0.25, -0.2) is 4.79 Å². The van der Waals surface area contributed by atoms with Crippen LogP contribution < -0.4 is 10.1 Å². The van der Waals surface area contributed by atoms with E-state index < -0.39 is 11.6 Å². The van der Waals surface area contributed by atoms with Gasteiger partial charge in [0.05, 0.1) is 13.7 Å². The summed E-state index contributed by atoms with van der Waals surface area (Å²) in [5, 5.41) is 2.88. The zero-order valence-electron chi connectivity index (χ0n) is 16.1. The molecule has 1 N–H and O–H groups in total. The highest BCUT2D eigenvalue weighted by Crippen LogP contribution is 2.42. The highest BCUT2D eigenvalue weighted by Gasteiger charge is 2.48. The van der Waals surface area contributed by atoms with Gasteiger partial charge < -0.3 is 19.5 Å². The number of amides is 1. The lowest BCUT2D eigenvalue weighted by Crippen LogP contribution is -2.44. The summed E-state index contributed by atoms with van der Waals surface area (Å²) in [6.07, 6.45) is 3.87. The molecule has 6 heteroatoms. The van der Waals surface area contributed by atoms with E-state index in [9.17, 15) is 9.59 Å². The summed E-state index contributed by atoms with van der Waals surface area (Å²) < 4.78 is 16.3. The largest absolute Gasteiger partial charge is 0.493 e. The normalized spacial score (nSPS) is 15.8. The number of unbranched alkanes of at least 4 members (excludes halogenated alkanes) is 1. The molecule has 1 aromatic rings. The quantitative estimate of drug-likeness (QED) is 0.506. The number of carbonyl (C=O) groups excluding carboxylic acids is 2. The average Bonchev–Trinajstić information content (AvgIpc) is 3.48. The summed E-state index contributed by atoms with van der Waals surface area (Å²) in [5.74, 6) is -0.00285. The lowest BCUT2D eigenvalue weighted by atomic mass is 9.98. The van der Waals surface area contributed by atoms with Crippen molar-refractivity contribution in [2.24, 2.45) is 5.92 Å². The first-order valence-corrected chi connectivity index (χ1v) is 9.26. The molecule has 0 spiro atoms. The molecule has 0 aliphatic heterocycles. The number of methoxy groups -OCH3 is 1. The van der Waals surface area contributed by atoms with Crippen molar-refractivity contribution in [2.75, 3.05) is 25.6 Å². The number of ether oxygens (including phenoxy) is 3.